The van der Waals surface area contributed by atoms with Gasteiger partial charge in [0, 0.05) is 25.2 Å². The molecule has 0 bridgehead atoms. The van der Waals surface area contributed by atoms with E-state index >= 15 is 0 Å². The Morgan fingerprint density at radius 1 is 0.829 bits per heavy atom. The lowest BCUT2D eigenvalue weighted by molar-refractivity contribution is 0.101. The summed E-state index contributed by atoms with van der Waals surface area (Å²) < 4.78 is 6.19. The van der Waals surface area contributed by atoms with Gasteiger partial charge in [0.25, 0.3) is 0 Å². The lowest BCUT2D eigenvalue weighted by Gasteiger charge is -2.30. The van der Waals surface area contributed by atoms with Crippen molar-refractivity contribution in [1.29, 1.82) is 0 Å². The van der Waals surface area contributed by atoms with Crippen LogP contribution in [0.5, 0.6) is 5.75 Å². The molecule has 0 amide bonds. The summed E-state index contributed by atoms with van der Waals surface area (Å²) in [5.41, 5.74) is 11.7. The van der Waals surface area contributed by atoms with Crippen molar-refractivity contribution in [3.05, 3.63) is 105 Å². The highest BCUT2D eigenvalue weighted by molar-refractivity contribution is 5.94. The molecule has 3 nitrogen and oxygen atoms in total. The third kappa shape index (κ3) is 4.97. The van der Waals surface area contributed by atoms with Gasteiger partial charge in [-0.1, -0.05) is 54.1 Å². The maximum atomic E-state index is 11.7. The minimum absolute atomic E-state index is 0.0971. The Hall–Kier alpha value is -3.17. The van der Waals surface area contributed by atoms with E-state index in [0.29, 0.717) is 6.61 Å². The number of ketones is 1. The molecule has 0 N–H and O–H groups in total. The van der Waals surface area contributed by atoms with Crippen molar-refractivity contribution in [3.63, 3.8) is 0 Å². The zero-order chi connectivity index (χ0) is 24.4. The Morgan fingerprint density at radius 3 is 1.91 bits per heavy atom. The zero-order valence-electron chi connectivity index (χ0n) is 21.2. The molecule has 1 aliphatic carbocycles. The largest absolute Gasteiger partial charge is 0.492 e. The van der Waals surface area contributed by atoms with Gasteiger partial charge in [-0.3, -0.25) is 9.69 Å². The van der Waals surface area contributed by atoms with Gasteiger partial charge in [-0.15, -0.1) is 0 Å². The molecule has 35 heavy (non-hydrogen) atoms. The Labute approximate surface area is 209 Å². The van der Waals surface area contributed by atoms with Gasteiger partial charge in [0.15, 0.2) is 5.78 Å². The molecule has 3 aromatic carbocycles. The lowest BCUT2D eigenvalue weighted by atomic mass is 9.86. The van der Waals surface area contributed by atoms with Crippen molar-refractivity contribution in [2.75, 3.05) is 26.2 Å². The van der Waals surface area contributed by atoms with Crippen LogP contribution in [0.1, 0.15) is 63.5 Å². The number of aryl methyl sites for hydroxylation is 4. The van der Waals surface area contributed by atoms with Crippen molar-refractivity contribution >= 4 is 11.4 Å². The summed E-state index contributed by atoms with van der Waals surface area (Å²) in [5.74, 6) is 1.02. The minimum atomic E-state index is 0.0971. The third-order valence-electron chi connectivity index (χ3n) is 7.57. The molecule has 0 saturated carbocycles. The third-order valence-corrected chi connectivity index (χ3v) is 7.57. The number of nitrogens with zero attached hydrogens (tertiary/aromatic N) is 1. The second-order valence-corrected chi connectivity index (χ2v) is 9.98. The van der Waals surface area contributed by atoms with Crippen molar-refractivity contribution in [3.8, 4) is 5.75 Å². The molecule has 0 radical (unpaired) electrons. The summed E-state index contributed by atoms with van der Waals surface area (Å²) in [6.07, 6.45) is 4.42. The van der Waals surface area contributed by atoms with Gasteiger partial charge in [0.1, 0.15) is 12.4 Å². The number of ether oxygens (including phenoxy) is 1. The van der Waals surface area contributed by atoms with Gasteiger partial charge < -0.3 is 4.74 Å². The minimum Gasteiger partial charge on any atom is -0.492 e. The number of carbonyl (C=O) groups is 1. The fourth-order valence-corrected chi connectivity index (χ4v) is 5.71. The van der Waals surface area contributed by atoms with Crippen LogP contribution in [-0.2, 0) is 12.8 Å². The number of carbonyl (C=O) groups excluding carboxylic acids is 1. The summed E-state index contributed by atoms with van der Waals surface area (Å²) in [5, 5.41) is 0. The highest BCUT2D eigenvalue weighted by Gasteiger charge is 2.23. The van der Waals surface area contributed by atoms with E-state index in [1.165, 1.54) is 27.8 Å². The smallest absolute Gasteiger partial charge is 0.159 e. The molecule has 3 aromatic rings. The molecule has 0 atom stereocenters. The first kappa shape index (κ1) is 23.6. The normalized spacial score (nSPS) is 15.9. The van der Waals surface area contributed by atoms with Crippen LogP contribution in [0.4, 0.5) is 0 Å². The van der Waals surface area contributed by atoms with Gasteiger partial charge in [-0.25, -0.2) is 0 Å². The van der Waals surface area contributed by atoms with E-state index in [1.54, 1.807) is 12.5 Å². The first-order chi connectivity index (χ1) is 17.0. The fraction of sp³-hybridized carbons (Fsp3) is 0.344. The van der Waals surface area contributed by atoms with E-state index in [4.69, 9.17) is 4.74 Å². The standard InChI is InChI=1S/C32H35NO2/c1-22-20-28(24(3)34)21-23(2)32(22)35-19-18-33-16-14-27(15-17-33)31-29-10-6-4-8-25(29)12-13-26-9-5-7-11-30(26)31/h4-11,20-21H,12-19H2,1-3H3. The zero-order valence-corrected chi connectivity index (χ0v) is 21.2. The first-order valence-electron chi connectivity index (χ1n) is 12.9. The maximum absolute atomic E-state index is 11.7. The van der Waals surface area contributed by atoms with Crippen LogP contribution in [0, 0.1) is 13.8 Å². The molecule has 0 unspecified atom stereocenters. The van der Waals surface area contributed by atoms with Gasteiger partial charge >= 0.3 is 0 Å². The fourth-order valence-electron chi connectivity index (χ4n) is 5.71. The number of likely N-dealkylation sites (tertiary alicyclic amines) is 1. The Balaban J connectivity index is 1.28. The lowest BCUT2D eigenvalue weighted by Crippen LogP contribution is -2.34. The molecular weight excluding hydrogens is 430 g/mol. The molecule has 1 fully saturated rings. The molecule has 3 heteroatoms. The summed E-state index contributed by atoms with van der Waals surface area (Å²) in [6, 6.07) is 21.9. The van der Waals surface area contributed by atoms with E-state index in [0.717, 1.165) is 67.8 Å². The molecule has 1 saturated heterocycles. The second kappa shape index (κ2) is 10.2. The average molecular weight is 466 g/mol. The predicted molar refractivity (Wildman–Crippen MR) is 143 cm³/mol. The number of Topliss-reactive ketones (excluding diaryl/α,β-unsaturated/α-hetero) is 1. The molecule has 0 spiro atoms. The van der Waals surface area contributed by atoms with E-state index in [9.17, 15) is 4.79 Å². The van der Waals surface area contributed by atoms with Crippen LogP contribution in [0.3, 0.4) is 0 Å². The van der Waals surface area contributed by atoms with Crippen molar-refractivity contribution in [2.24, 2.45) is 0 Å². The van der Waals surface area contributed by atoms with Crippen LogP contribution in [0.2, 0.25) is 0 Å². The molecular formula is C32H35NO2. The van der Waals surface area contributed by atoms with Crippen molar-refractivity contribution < 1.29 is 9.53 Å². The highest BCUT2D eigenvalue weighted by atomic mass is 16.5. The van der Waals surface area contributed by atoms with Gasteiger partial charge in [0.2, 0.25) is 0 Å². The van der Waals surface area contributed by atoms with Crippen LogP contribution >= 0.6 is 0 Å². The van der Waals surface area contributed by atoms with Crippen molar-refractivity contribution in [2.45, 2.75) is 46.5 Å². The molecule has 2 aliphatic rings. The summed E-state index contributed by atoms with van der Waals surface area (Å²) in [4.78, 5) is 14.2. The maximum Gasteiger partial charge on any atom is 0.159 e. The van der Waals surface area contributed by atoms with Gasteiger partial charge in [0.05, 0.1) is 0 Å². The monoisotopic (exact) mass is 465 g/mol. The number of benzene rings is 3. The summed E-state index contributed by atoms with van der Waals surface area (Å²) in [7, 11) is 0. The van der Waals surface area contributed by atoms with E-state index in [2.05, 4.69) is 53.4 Å². The summed E-state index contributed by atoms with van der Waals surface area (Å²) >= 11 is 0. The molecule has 180 valence electrons. The number of piperidine rings is 1. The number of hydrogen-bond donors (Lipinski definition) is 0. The SMILES string of the molecule is CC(=O)c1cc(C)c(OCCN2CCC(=C3c4ccccc4CCc4ccccc43)CC2)c(C)c1. The first-order valence-corrected chi connectivity index (χ1v) is 12.9. The Kier molecular flexibility index (Phi) is 6.88. The molecule has 0 aromatic heterocycles. The quantitative estimate of drug-likeness (QED) is 0.399. The van der Waals surface area contributed by atoms with Crippen LogP contribution < -0.4 is 4.74 Å². The van der Waals surface area contributed by atoms with E-state index < -0.39 is 0 Å². The van der Waals surface area contributed by atoms with Crippen LogP contribution in [0.15, 0.2) is 66.2 Å². The van der Waals surface area contributed by atoms with E-state index in [-0.39, 0.29) is 5.78 Å². The summed E-state index contributed by atoms with van der Waals surface area (Å²) in [6.45, 7) is 9.37. The second-order valence-electron chi connectivity index (χ2n) is 9.98. The van der Waals surface area contributed by atoms with Crippen molar-refractivity contribution in [1.82, 2.24) is 4.90 Å². The molecule has 5 rings (SSSR count). The number of fused-ring (bicyclic) bond motifs is 2. The topological polar surface area (TPSA) is 29.5 Å². The van der Waals surface area contributed by atoms with E-state index in [1.807, 2.05) is 26.0 Å². The average Bonchev–Trinajstić information content (AvgIpc) is 3.03. The Morgan fingerprint density at radius 2 is 1.37 bits per heavy atom. The number of rotatable bonds is 5. The predicted octanol–water partition coefficient (Wildman–Crippen LogP) is 6.58. The number of hydrogen-bond acceptors (Lipinski definition) is 3. The molecule has 1 heterocycles. The Bertz CT molecular complexity index is 1200. The molecule has 1 aliphatic heterocycles. The van der Waals surface area contributed by atoms with Gasteiger partial charge in [-0.05, 0) is 97.5 Å². The highest BCUT2D eigenvalue weighted by Crippen LogP contribution is 2.38. The van der Waals surface area contributed by atoms with Gasteiger partial charge in [-0.2, -0.15) is 0 Å². The van der Waals surface area contributed by atoms with Crippen LogP contribution in [-0.4, -0.2) is 36.9 Å². The van der Waals surface area contributed by atoms with Crippen LogP contribution in [0.25, 0.3) is 5.57 Å².